The van der Waals surface area contributed by atoms with Gasteiger partial charge < -0.3 is 0 Å². The number of carbonyl (C=O) groups is 1. The lowest BCUT2D eigenvalue weighted by molar-refractivity contribution is -0.128. The monoisotopic (exact) mass is 238 g/mol. The van der Waals surface area contributed by atoms with Gasteiger partial charge in [-0.15, -0.1) is 0 Å². The van der Waals surface area contributed by atoms with Gasteiger partial charge >= 0.3 is 0 Å². The fourth-order valence-corrected chi connectivity index (χ4v) is 3.25. The summed E-state index contributed by atoms with van der Waals surface area (Å²) in [6.07, 6.45) is 11.1. The molecule has 0 spiro atoms. The highest BCUT2D eigenvalue weighted by molar-refractivity contribution is 5.83. The number of unbranched alkanes of at least 4 members (excludes halogenated alkanes) is 1. The van der Waals surface area contributed by atoms with Crippen molar-refractivity contribution in [2.45, 2.75) is 78.6 Å². The van der Waals surface area contributed by atoms with Crippen LogP contribution in [0.3, 0.4) is 0 Å². The second kappa shape index (κ2) is 7.89. The van der Waals surface area contributed by atoms with Gasteiger partial charge in [0.05, 0.1) is 0 Å². The van der Waals surface area contributed by atoms with E-state index in [1.807, 2.05) is 0 Å². The van der Waals surface area contributed by atoms with E-state index in [9.17, 15) is 4.79 Å². The van der Waals surface area contributed by atoms with Crippen molar-refractivity contribution in [1.82, 2.24) is 0 Å². The van der Waals surface area contributed by atoms with E-state index in [0.717, 1.165) is 18.8 Å². The highest BCUT2D eigenvalue weighted by Gasteiger charge is 2.28. The standard InChI is InChI=1S/C16H30O/c1-4-7-8-13-9-11-15(12-10-13)16(17)14(5-2)6-3/h13-15H,4-12H2,1-3H3. The molecule has 17 heavy (non-hydrogen) atoms. The lowest BCUT2D eigenvalue weighted by atomic mass is 9.75. The van der Waals surface area contributed by atoms with E-state index in [2.05, 4.69) is 20.8 Å². The van der Waals surface area contributed by atoms with Crippen LogP contribution in [0.4, 0.5) is 0 Å². The SMILES string of the molecule is CCCCC1CCC(C(=O)C(CC)CC)CC1. The van der Waals surface area contributed by atoms with Crippen LogP contribution in [0.15, 0.2) is 0 Å². The van der Waals surface area contributed by atoms with E-state index >= 15 is 0 Å². The van der Waals surface area contributed by atoms with Crippen LogP contribution in [0.25, 0.3) is 0 Å². The Morgan fingerprint density at radius 3 is 2.12 bits per heavy atom. The van der Waals surface area contributed by atoms with Gasteiger partial charge in [-0.2, -0.15) is 0 Å². The number of hydrogen-bond donors (Lipinski definition) is 0. The van der Waals surface area contributed by atoms with Gasteiger partial charge in [0.25, 0.3) is 0 Å². The van der Waals surface area contributed by atoms with E-state index in [1.54, 1.807) is 0 Å². The van der Waals surface area contributed by atoms with Crippen LogP contribution in [0.1, 0.15) is 78.6 Å². The molecule has 1 saturated carbocycles. The summed E-state index contributed by atoms with van der Waals surface area (Å²) in [5.74, 6) is 2.23. The third kappa shape index (κ3) is 4.44. The zero-order chi connectivity index (χ0) is 12.7. The molecule has 0 radical (unpaired) electrons. The molecule has 1 fully saturated rings. The molecule has 1 aliphatic carbocycles. The molecule has 1 rings (SSSR count). The molecular formula is C16H30O. The Kier molecular flexibility index (Phi) is 6.84. The number of hydrogen-bond acceptors (Lipinski definition) is 1. The number of ketones is 1. The fourth-order valence-electron chi connectivity index (χ4n) is 3.25. The molecule has 1 aliphatic rings. The number of rotatable bonds is 7. The van der Waals surface area contributed by atoms with Crippen molar-refractivity contribution in [3.8, 4) is 0 Å². The summed E-state index contributed by atoms with van der Waals surface area (Å²) in [7, 11) is 0. The van der Waals surface area contributed by atoms with Crippen molar-refractivity contribution < 1.29 is 4.79 Å². The van der Waals surface area contributed by atoms with Gasteiger partial charge in [0.2, 0.25) is 0 Å². The molecule has 0 unspecified atom stereocenters. The van der Waals surface area contributed by atoms with Gasteiger partial charge in [0, 0.05) is 11.8 Å². The van der Waals surface area contributed by atoms with Crippen molar-refractivity contribution in [3.05, 3.63) is 0 Å². The summed E-state index contributed by atoms with van der Waals surface area (Å²) in [6.45, 7) is 6.57. The van der Waals surface area contributed by atoms with Crippen LogP contribution in [-0.2, 0) is 4.79 Å². The van der Waals surface area contributed by atoms with Crippen molar-refractivity contribution in [3.63, 3.8) is 0 Å². The van der Waals surface area contributed by atoms with E-state index < -0.39 is 0 Å². The molecule has 0 bridgehead atoms. The maximum atomic E-state index is 12.3. The average Bonchev–Trinajstić information content (AvgIpc) is 2.38. The molecule has 0 heterocycles. The van der Waals surface area contributed by atoms with Gasteiger partial charge in [-0.3, -0.25) is 4.79 Å². The first-order valence-corrected chi connectivity index (χ1v) is 7.76. The van der Waals surface area contributed by atoms with Crippen molar-refractivity contribution >= 4 is 5.78 Å². The van der Waals surface area contributed by atoms with Gasteiger partial charge in [0.1, 0.15) is 5.78 Å². The maximum absolute atomic E-state index is 12.3. The Bertz CT molecular complexity index is 210. The molecule has 0 atom stereocenters. The molecule has 1 heteroatoms. The van der Waals surface area contributed by atoms with Gasteiger partial charge in [-0.05, 0) is 44.4 Å². The topological polar surface area (TPSA) is 17.1 Å². The Labute approximate surface area is 107 Å². The van der Waals surface area contributed by atoms with Crippen molar-refractivity contribution in [1.29, 1.82) is 0 Å². The van der Waals surface area contributed by atoms with E-state index in [0.29, 0.717) is 17.6 Å². The Morgan fingerprint density at radius 2 is 1.65 bits per heavy atom. The van der Waals surface area contributed by atoms with Crippen LogP contribution < -0.4 is 0 Å². The average molecular weight is 238 g/mol. The molecule has 0 aromatic heterocycles. The third-order valence-electron chi connectivity index (χ3n) is 4.60. The van der Waals surface area contributed by atoms with Crippen LogP contribution in [0, 0.1) is 17.8 Å². The summed E-state index contributed by atoms with van der Waals surface area (Å²) in [4.78, 5) is 12.3. The predicted octanol–water partition coefficient (Wildman–Crippen LogP) is 4.99. The molecule has 0 aliphatic heterocycles. The summed E-state index contributed by atoms with van der Waals surface area (Å²) in [5.41, 5.74) is 0. The third-order valence-corrected chi connectivity index (χ3v) is 4.60. The summed E-state index contributed by atoms with van der Waals surface area (Å²) in [5, 5.41) is 0. The normalized spacial score (nSPS) is 25.2. The van der Waals surface area contributed by atoms with E-state index in [-0.39, 0.29) is 0 Å². The minimum Gasteiger partial charge on any atom is -0.299 e. The van der Waals surface area contributed by atoms with Gasteiger partial charge in [-0.1, -0.05) is 40.0 Å². The molecule has 1 nitrogen and oxygen atoms in total. The second-order valence-electron chi connectivity index (χ2n) is 5.78. The minimum atomic E-state index is 0.340. The lowest BCUT2D eigenvalue weighted by Crippen LogP contribution is -2.27. The van der Waals surface area contributed by atoms with Crippen molar-refractivity contribution in [2.24, 2.45) is 17.8 Å². The Morgan fingerprint density at radius 1 is 1.06 bits per heavy atom. The van der Waals surface area contributed by atoms with Crippen LogP contribution in [0.5, 0.6) is 0 Å². The zero-order valence-corrected chi connectivity index (χ0v) is 12.0. The minimum absolute atomic E-state index is 0.340. The van der Waals surface area contributed by atoms with Crippen molar-refractivity contribution in [2.75, 3.05) is 0 Å². The molecule has 0 aromatic rings. The highest BCUT2D eigenvalue weighted by atomic mass is 16.1. The quantitative estimate of drug-likeness (QED) is 0.611. The Hall–Kier alpha value is -0.330. The van der Waals surface area contributed by atoms with Crippen LogP contribution in [0.2, 0.25) is 0 Å². The molecule has 0 N–H and O–H groups in total. The largest absolute Gasteiger partial charge is 0.299 e. The smallest absolute Gasteiger partial charge is 0.139 e. The molecule has 100 valence electrons. The van der Waals surface area contributed by atoms with Crippen LogP contribution >= 0.6 is 0 Å². The van der Waals surface area contributed by atoms with Gasteiger partial charge in [-0.25, -0.2) is 0 Å². The highest BCUT2D eigenvalue weighted by Crippen LogP contribution is 2.34. The summed E-state index contributed by atoms with van der Waals surface area (Å²) in [6, 6.07) is 0. The summed E-state index contributed by atoms with van der Waals surface area (Å²) < 4.78 is 0. The first-order valence-electron chi connectivity index (χ1n) is 7.76. The van der Waals surface area contributed by atoms with Crippen LogP contribution in [-0.4, -0.2) is 5.78 Å². The summed E-state index contributed by atoms with van der Waals surface area (Å²) >= 11 is 0. The second-order valence-corrected chi connectivity index (χ2v) is 5.78. The first-order chi connectivity index (χ1) is 8.22. The Balaban J connectivity index is 2.33. The maximum Gasteiger partial charge on any atom is 0.139 e. The molecular weight excluding hydrogens is 208 g/mol. The predicted molar refractivity (Wildman–Crippen MR) is 74.1 cm³/mol. The fraction of sp³-hybridized carbons (Fsp3) is 0.938. The van der Waals surface area contributed by atoms with Gasteiger partial charge in [0.15, 0.2) is 0 Å². The molecule has 0 aromatic carbocycles. The van der Waals surface area contributed by atoms with E-state index in [1.165, 1.54) is 44.9 Å². The molecule has 0 saturated heterocycles. The number of carbonyl (C=O) groups excluding carboxylic acids is 1. The lowest BCUT2D eigenvalue weighted by Gasteiger charge is -2.29. The van der Waals surface area contributed by atoms with E-state index in [4.69, 9.17) is 0 Å². The first kappa shape index (κ1) is 14.7. The molecule has 0 amide bonds. The number of Topliss-reactive ketones (excluding diaryl/α,β-unsaturated/α-hetero) is 1. The zero-order valence-electron chi connectivity index (χ0n) is 12.0.